The lowest BCUT2D eigenvalue weighted by Crippen LogP contribution is -2.14. The van der Waals surface area contributed by atoms with Crippen molar-refractivity contribution >= 4 is 49.4 Å². The van der Waals surface area contributed by atoms with Crippen LogP contribution < -0.4 is 4.90 Å². The van der Waals surface area contributed by atoms with Gasteiger partial charge < -0.3 is 4.90 Å². The third-order valence-electron chi connectivity index (χ3n) is 11.2. The van der Waals surface area contributed by atoms with Gasteiger partial charge in [-0.05, 0) is 108 Å². The molecule has 1 aliphatic carbocycles. The molecule has 52 heavy (non-hydrogen) atoms. The summed E-state index contributed by atoms with van der Waals surface area (Å²) in [7, 11) is 0. The highest BCUT2D eigenvalue weighted by Crippen LogP contribution is 2.52. The number of hydrogen-bond acceptors (Lipinski definition) is 1. The zero-order chi connectivity index (χ0) is 34.8. The molecule has 1 nitrogen and oxygen atoms in total. The van der Waals surface area contributed by atoms with Gasteiger partial charge in [-0.3, -0.25) is 0 Å². The van der Waals surface area contributed by atoms with Gasteiger partial charge in [-0.1, -0.05) is 166 Å². The van der Waals surface area contributed by atoms with Crippen LogP contribution in [0.15, 0.2) is 188 Å². The van der Waals surface area contributed by atoms with Crippen molar-refractivity contribution in [2.24, 2.45) is 0 Å². The summed E-state index contributed by atoms with van der Waals surface area (Å²) in [4.78, 5) is 2.43. The molecule has 246 valence electrons. The van der Waals surface area contributed by atoms with Crippen LogP contribution >= 0.6 is 0 Å². The molecule has 0 atom stereocenters. The van der Waals surface area contributed by atoms with Gasteiger partial charge in [-0.25, -0.2) is 0 Å². The number of nitrogens with zero attached hydrogens (tertiary/aromatic N) is 1. The predicted octanol–water partition coefficient (Wildman–Crippen LogP) is 14.3. The van der Waals surface area contributed by atoms with Crippen LogP contribution in [-0.2, 0) is 5.41 Å². The first-order chi connectivity index (χ1) is 25.5. The highest BCUT2D eigenvalue weighted by Gasteiger charge is 2.36. The van der Waals surface area contributed by atoms with Crippen molar-refractivity contribution in [2.45, 2.75) is 19.3 Å². The maximum atomic E-state index is 2.43. The van der Waals surface area contributed by atoms with E-state index >= 15 is 0 Å². The summed E-state index contributed by atoms with van der Waals surface area (Å²) in [6.45, 7) is 4.71. The molecule has 0 fully saturated rings. The molecule has 0 unspecified atom stereocenters. The van der Waals surface area contributed by atoms with Crippen molar-refractivity contribution in [3.63, 3.8) is 0 Å². The number of anilines is 3. The summed E-state index contributed by atoms with van der Waals surface area (Å²) in [5, 5.41) is 7.41. The van der Waals surface area contributed by atoms with E-state index in [0.29, 0.717) is 0 Å². The molecular formula is C51H37N. The zero-order valence-corrected chi connectivity index (χ0v) is 29.3. The summed E-state index contributed by atoms with van der Waals surface area (Å²) < 4.78 is 0. The van der Waals surface area contributed by atoms with E-state index in [1.165, 1.54) is 76.8 Å². The molecule has 0 bridgehead atoms. The van der Waals surface area contributed by atoms with Crippen molar-refractivity contribution in [3.05, 3.63) is 199 Å². The Kier molecular flexibility index (Phi) is 6.91. The first-order valence-corrected chi connectivity index (χ1v) is 18.2. The zero-order valence-electron chi connectivity index (χ0n) is 29.3. The first-order valence-electron chi connectivity index (χ1n) is 18.2. The maximum Gasteiger partial charge on any atom is 0.0540 e. The van der Waals surface area contributed by atoms with Crippen molar-refractivity contribution in [3.8, 4) is 33.4 Å². The molecule has 0 radical (unpaired) electrons. The summed E-state index contributed by atoms with van der Waals surface area (Å²) in [5.74, 6) is 0. The molecule has 0 aromatic heterocycles. The third-order valence-corrected chi connectivity index (χ3v) is 11.2. The quantitative estimate of drug-likeness (QED) is 0.177. The van der Waals surface area contributed by atoms with Crippen molar-refractivity contribution in [1.82, 2.24) is 0 Å². The molecule has 9 aromatic rings. The van der Waals surface area contributed by atoms with Crippen LogP contribution in [0.25, 0.3) is 65.7 Å². The van der Waals surface area contributed by atoms with Crippen LogP contribution in [0.4, 0.5) is 17.1 Å². The van der Waals surface area contributed by atoms with Gasteiger partial charge in [0.25, 0.3) is 0 Å². The smallest absolute Gasteiger partial charge is 0.0540 e. The molecule has 0 saturated heterocycles. The number of rotatable bonds is 5. The molecular weight excluding hydrogens is 627 g/mol. The minimum absolute atomic E-state index is 0.0466. The van der Waals surface area contributed by atoms with E-state index in [1.807, 2.05) is 0 Å². The van der Waals surface area contributed by atoms with E-state index in [9.17, 15) is 0 Å². The Morgan fingerprint density at radius 1 is 0.365 bits per heavy atom. The second kappa shape index (κ2) is 11.8. The lowest BCUT2D eigenvalue weighted by Gasteiger charge is -2.28. The molecule has 0 spiro atoms. The van der Waals surface area contributed by atoms with Gasteiger partial charge in [-0.15, -0.1) is 0 Å². The SMILES string of the molecule is CC1(C)c2ccccc2-c2c(-c3ccc4cccc(N(c5ccc(-c6cccc7ccccc67)cc5)c5ccc6ccccc6c5)c4c3)cccc21. The topological polar surface area (TPSA) is 3.24 Å². The molecule has 0 aliphatic heterocycles. The monoisotopic (exact) mass is 663 g/mol. The van der Waals surface area contributed by atoms with Gasteiger partial charge >= 0.3 is 0 Å². The number of hydrogen-bond donors (Lipinski definition) is 0. The maximum absolute atomic E-state index is 2.43. The Morgan fingerprint density at radius 2 is 0.942 bits per heavy atom. The van der Waals surface area contributed by atoms with E-state index in [0.717, 1.165) is 17.1 Å². The Bertz CT molecular complexity index is 2820. The average molecular weight is 664 g/mol. The van der Waals surface area contributed by atoms with Crippen LogP contribution in [0.1, 0.15) is 25.0 Å². The molecule has 1 aliphatic rings. The Balaban J connectivity index is 1.16. The van der Waals surface area contributed by atoms with Crippen molar-refractivity contribution in [2.75, 3.05) is 4.90 Å². The third kappa shape index (κ3) is 4.77. The van der Waals surface area contributed by atoms with Crippen LogP contribution in [0.2, 0.25) is 0 Å². The van der Waals surface area contributed by atoms with Crippen LogP contribution in [0, 0.1) is 0 Å². The molecule has 10 rings (SSSR count). The summed E-state index contributed by atoms with van der Waals surface area (Å²) in [6.07, 6.45) is 0. The van der Waals surface area contributed by atoms with E-state index in [1.54, 1.807) is 0 Å². The Morgan fingerprint density at radius 3 is 1.81 bits per heavy atom. The summed E-state index contributed by atoms with van der Waals surface area (Å²) >= 11 is 0. The fraction of sp³-hybridized carbons (Fsp3) is 0.0588. The van der Waals surface area contributed by atoms with Crippen LogP contribution in [0.3, 0.4) is 0 Å². The fourth-order valence-corrected chi connectivity index (χ4v) is 8.62. The number of benzene rings is 9. The van der Waals surface area contributed by atoms with Crippen molar-refractivity contribution in [1.29, 1.82) is 0 Å². The Hall–Kier alpha value is -6.44. The van der Waals surface area contributed by atoms with E-state index in [2.05, 4.69) is 207 Å². The van der Waals surface area contributed by atoms with Gasteiger partial charge in [0.05, 0.1) is 5.69 Å². The number of fused-ring (bicyclic) bond motifs is 6. The Labute approximate surface area is 305 Å². The highest BCUT2D eigenvalue weighted by molar-refractivity contribution is 6.04. The predicted molar refractivity (Wildman–Crippen MR) is 222 cm³/mol. The van der Waals surface area contributed by atoms with Crippen molar-refractivity contribution < 1.29 is 0 Å². The normalized spacial score (nSPS) is 13.0. The molecule has 9 aromatic carbocycles. The minimum atomic E-state index is -0.0466. The summed E-state index contributed by atoms with van der Waals surface area (Å²) in [6, 6.07) is 69.2. The lowest BCUT2D eigenvalue weighted by atomic mass is 9.82. The molecule has 0 heterocycles. The second-order valence-electron chi connectivity index (χ2n) is 14.6. The van der Waals surface area contributed by atoms with E-state index < -0.39 is 0 Å². The van der Waals surface area contributed by atoms with Gasteiger partial charge in [-0.2, -0.15) is 0 Å². The lowest BCUT2D eigenvalue weighted by molar-refractivity contribution is 0.660. The van der Waals surface area contributed by atoms with Gasteiger partial charge in [0.1, 0.15) is 0 Å². The molecule has 1 heteroatoms. The molecule has 0 amide bonds. The fourth-order valence-electron chi connectivity index (χ4n) is 8.62. The summed E-state index contributed by atoms with van der Waals surface area (Å²) in [5.41, 5.74) is 13.8. The van der Waals surface area contributed by atoms with E-state index in [-0.39, 0.29) is 5.41 Å². The van der Waals surface area contributed by atoms with Gasteiger partial charge in [0, 0.05) is 22.2 Å². The minimum Gasteiger partial charge on any atom is -0.310 e. The standard InChI is InChI=1S/C51H37N/c1-51(2)47-21-8-7-18-45(47)50-44(20-11-22-48(50)51)39-25-24-36-16-10-23-49(46(36)33-39)52(41-31-26-34-12-3-4-14-38(34)32-41)40-29-27-37(28-30-40)43-19-9-15-35-13-5-6-17-42(35)43/h3-33H,1-2H3. The largest absolute Gasteiger partial charge is 0.310 e. The first kappa shape index (κ1) is 30.4. The van der Waals surface area contributed by atoms with Crippen LogP contribution in [0.5, 0.6) is 0 Å². The highest BCUT2D eigenvalue weighted by atomic mass is 15.1. The van der Waals surface area contributed by atoms with E-state index in [4.69, 9.17) is 0 Å². The van der Waals surface area contributed by atoms with Gasteiger partial charge in [0.15, 0.2) is 0 Å². The van der Waals surface area contributed by atoms with Gasteiger partial charge in [0.2, 0.25) is 0 Å². The second-order valence-corrected chi connectivity index (χ2v) is 14.6. The van der Waals surface area contributed by atoms with Crippen LogP contribution in [-0.4, -0.2) is 0 Å². The molecule has 0 N–H and O–H groups in total. The average Bonchev–Trinajstić information content (AvgIpc) is 3.44. The molecule has 0 saturated carbocycles.